The fraction of sp³-hybridized carbons (Fsp3) is 0.250. The second kappa shape index (κ2) is 13.1. The highest BCUT2D eigenvalue weighted by atomic mass is 15.3. The van der Waals surface area contributed by atoms with E-state index in [0.29, 0.717) is 12.1 Å². The molecule has 1 atom stereocenters. The zero-order chi connectivity index (χ0) is 27.9. The summed E-state index contributed by atoms with van der Waals surface area (Å²) in [6.07, 6.45) is 0. The number of hydrogen-bond donors (Lipinski definition) is 1. The maximum absolute atomic E-state index is 4.99. The van der Waals surface area contributed by atoms with Crippen molar-refractivity contribution in [1.29, 1.82) is 0 Å². The Bertz CT molecular complexity index is 1380. The first-order valence-electron chi connectivity index (χ1n) is 14.7. The number of aromatic nitrogens is 2. The number of rotatable bonds is 10. The third-order valence-corrected chi connectivity index (χ3v) is 8.14. The van der Waals surface area contributed by atoms with E-state index in [-0.39, 0.29) is 0 Å². The molecule has 1 aliphatic rings. The Hall–Kier alpha value is -4.03. The standard InChI is InChI=1S/C36H39N5/c1-29(39-22-24-40(25-23-39)36(31-16-8-3-9-17-31)32-18-10-4-11-19-32)27-37-28-33-26-35(30-14-6-2-7-15-30)41(38-33)34-20-12-5-13-21-34/h2-21,26,29,36-37H,22-25,27-28H2,1H3. The van der Waals surface area contributed by atoms with E-state index < -0.39 is 0 Å². The lowest BCUT2D eigenvalue weighted by atomic mass is 9.96. The van der Waals surface area contributed by atoms with Gasteiger partial charge in [-0.3, -0.25) is 9.80 Å². The van der Waals surface area contributed by atoms with Gasteiger partial charge in [-0.2, -0.15) is 5.10 Å². The number of nitrogens with one attached hydrogen (secondary N) is 1. The van der Waals surface area contributed by atoms with Gasteiger partial charge in [0.2, 0.25) is 0 Å². The Balaban J connectivity index is 1.07. The van der Waals surface area contributed by atoms with Crippen molar-refractivity contribution in [3.05, 3.63) is 144 Å². The van der Waals surface area contributed by atoms with Crippen LogP contribution in [0.3, 0.4) is 0 Å². The summed E-state index contributed by atoms with van der Waals surface area (Å²) in [5, 5.41) is 8.68. The number of hydrogen-bond acceptors (Lipinski definition) is 4. The average molecular weight is 542 g/mol. The number of benzene rings is 4. The molecule has 0 amide bonds. The highest BCUT2D eigenvalue weighted by molar-refractivity contribution is 5.62. The average Bonchev–Trinajstić information content (AvgIpc) is 3.48. The van der Waals surface area contributed by atoms with Crippen LogP contribution in [0.4, 0.5) is 0 Å². The van der Waals surface area contributed by atoms with Crippen molar-refractivity contribution in [2.75, 3.05) is 32.7 Å². The fourth-order valence-electron chi connectivity index (χ4n) is 5.96. The monoisotopic (exact) mass is 541 g/mol. The van der Waals surface area contributed by atoms with Gasteiger partial charge in [-0.1, -0.05) is 109 Å². The van der Waals surface area contributed by atoms with Crippen LogP contribution in [0.25, 0.3) is 16.9 Å². The van der Waals surface area contributed by atoms with Gasteiger partial charge in [-0.05, 0) is 36.2 Å². The predicted octanol–water partition coefficient (Wildman–Crippen LogP) is 6.42. The zero-order valence-electron chi connectivity index (χ0n) is 23.8. The van der Waals surface area contributed by atoms with Crippen LogP contribution in [-0.4, -0.2) is 58.3 Å². The molecule has 6 rings (SSSR count). The number of piperazine rings is 1. The van der Waals surface area contributed by atoms with Crippen LogP contribution in [0.2, 0.25) is 0 Å². The number of para-hydroxylation sites is 1. The van der Waals surface area contributed by atoms with E-state index in [4.69, 9.17) is 5.10 Å². The quantitative estimate of drug-likeness (QED) is 0.221. The fourth-order valence-corrected chi connectivity index (χ4v) is 5.96. The molecule has 5 aromatic rings. The topological polar surface area (TPSA) is 36.3 Å². The van der Waals surface area contributed by atoms with Gasteiger partial charge >= 0.3 is 0 Å². The summed E-state index contributed by atoms with van der Waals surface area (Å²) < 4.78 is 2.06. The van der Waals surface area contributed by atoms with Crippen molar-refractivity contribution < 1.29 is 0 Å². The molecule has 1 aliphatic heterocycles. The van der Waals surface area contributed by atoms with E-state index in [0.717, 1.165) is 56.3 Å². The summed E-state index contributed by atoms with van der Waals surface area (Å²) in [4.78, 5) is 5.26. The molecule has 1 aromatic heterocycles. The van der Waals surface area contributed by atoms with Gasteiger partial charge in [0.25, 0.3) is 0 Å². The minimum absolute atomic E-state index is 0.298. The lowest BCUT2D eigenvalue weighted by molar-refractivity contribution is 0.0835. The van der Waals surface area contributed by atoms with Crippen LogP contribution in [0.15, 0.2) is 127 Å². The van der Waals surface area contributed by atoms with E-state index >= 15 is 0 Å². The normalized spacial score (nSPS) is 15.3. The first kappa shape index (κ1) is 27.2. The molecule has 5 nitrogen and oxygen atoms in total. The first-order chi connectivity index (χ1) is 20.3. The lowest BCUT2D eigenvalue weighted by Crippen LogP contribution is -2.52. The van der Waals surface area contributed by atoms with Crippen molar-refractivity contribution in [3.8, 4) is 16.9 Å². The molecule has 1 saturated heterocycles. The molecule has 0 radical (unpaired) electrons. The van der Waals surface area contributed by atoms with E-state index in [9.17, 15) is 0 Å². The van der Waals surface area contributed by atoms with Crippen LogP contribution in [-0.2, 0) is 6.54 Å². The molecule has 2 heterocycles. The Kier molecular flexibility index (Phi) is 8.67. The largest absolute Gasteiger partial charge is 0.310 e. The van der Waals surface area contributed by atoms with Crippen LogP contribution in [0.5, 0.6) is 0 Å². The van der Waals surface area contributed by atoms with E-state index in [1.54, 1.807) is 0 Å². The smallest absolute Gasteiger partial charge is 0.0773 e. The molecule has 0 bridgehead atoms. The van der Waals surface area contributed by atoms with E-state index in [2.05, 4.69) is 148 Å². The van der Waals surface area contributed by atoms with Gasteiger partial charge in [0.1, 0.15) is 0 Å². The van der Waals surface area contributed by atoms with Crippen LogP contribution in [0, 0.1) is 0 Å². The van der Waals surface area contributed by atoms with E-state index in [1.165, 1.54) is 16.7 Å². The molecule has 0 spiro atoms. The van der Waals surface area contributed by atoms with Crippen molar-refractivity contribution >= 4 is 0 Å². The second-order valence-electron chi connectivity index (χ2n) is 10.9. The minimum Gasteiger partial charge on any atom is -0.310 e. The van der Waals surface area contributed by atoms with Gasteiger partial charge in [-0.25, -0.2) is 4.68 Å². The summed E-state index contributed by atoms with van der Waals surface area (Å²) in [5.74, 6) is 0. The van der Waals surface area contributed by atoms with Crippen molar-refractivity contribution in [3.63, 3.8) is 0 Å². The summed E-state index contributed by atoms with van der Waals surface area (Å²) in [6, 6.07) is 45.7. The van der Waals surface area contributed by atoms with Crippen LogP contribution in [0.1, 0.15) is 29.8 Å². The maximum atomic E-state index is 4.99. The summed E-state index contributed by atoms with van der Waals surface area (Å²) in [5.41, 5.74) is 7.15. The highest BCUT2D eigenvalue weighted by Crippen LogP contribution is 2.30. The van der Waals surface area contributed by atoms with Gasteiger partial charge in [0.05, 0.1) is 23.1 Å². The highest BCUT2D eigenvalue weighted by Gasteiger charge is 2.28. The molecule has 1 fully saturated rings. The summed E-state index contributed by atoms with van der Waals surface area (Å²) in [6.45, 7) is 8.27. The predicted molar refractivity (Wildman–Crippen MR) is 168 cm³/mol. The number of nitrogens with zero attached hydrogens (tertiary/aromatic N) is 4. The molecule has 4 aromatic carbocycles. The van der Waals surface area contributed by atoms with Gasteiger partial charge in [0.15, 0.2) is 0 Å². The molecular weight excluding hydrogens is 502 g/mol. The Morgan fingerprint density at radius 2 is 1.17 bits per heavy atom. The van der Waals surface area contributed by atoms with Gasteiger partial charge in [0, 0.05) is 50.9 Å². The van der Waals surface area contributed by atoms with E-state index in [1.807, 2.05) is 6.07 Å². The molecule has 5 heteroatoms. The maximum Gasteiger partial charge on any atom is 0.0773 e. The molecular formula is C36H39N5. The van der Waals surface area contributed by atoms with Crippen LogP contribution < -0.4 is 5.32 Å². The van der Waals surface area contributed by atoms with Crippen molar-refractivity contribution in [2.24, 2.45) is 0 Å². The molecule has 1 unspecified atom stereocenters. The Labute approximate surface area is 244 Å². The summed E-state index contributed by atoms with van der Waals surface area (Å²) >= 11 is 0. The zero-order valence-corrected chi connectivity index (χ0v) is 23.8. The van der Waals surface area contributed by atoms with Crippen molar-refractivity contribution in [1.82, 2.24) is 24.9 Å². The summed E-state index contributed by atoms with van der Waals surface area (Å²) in [7, 11) is 0. The molecule has 0 aliphatic carbocycles. The van der Waals surface area contributed by atoms with Gasteiger partial charge < -0.3 is 5.32 Å². The molecule has 0 saturated carbocycles. The van der Waals surface area contributed by atoms with Gasteiger partial charge in [-0.15, -0.1) is 0 Å². The lowest BCUT2D eigenvalue weighted by Gasteiger charge is -2.42. The molecule has 1 N–H and O–H groups in total. The van der Waals surface area contributed by atoms with Crippen LogP contribution >= 0.6 is 0 Å². The Morgan fingerprint density at radius 3 is 1.76 bits per heavy atom. The first-order valence-corrected chi connectivity index (χ1v) is 14.7. The Morgan fingerprint density at radius 1 is 0.659 bits per heavy atom. The molecule has 41 heavy (non-hydrogen) atoms. The SMILES string of the molecule is CC(CNCc1cc(-c2ccccc2)n(-c2ccccc2)n1)N1CCN(C(c2ccccc2)c2ccccc2)CC1. The third-order valence-electron chi connectivity index (χ3n) is 8.14. The molecule has 208 valence electrons. The minimum atomic E-state index is 0.298. The third kappa shape index (κ3) is 6.49. The second-order valence-corrected chi connectivity index (χ2v) is 10.9. The van der Waals surface area contributed by atoms with Crippen molar-refractivity contribution in [2.45, 2.75) is 25.6 Å².